The van der Waals surface area contributed by atoms with Crippen molar-refractivity contribution in [3.8, 4) is 0 Å². The van der Waals surface area contributed by atoms with Crippen molar-refractivity contribution < 1.29 is 29.0 Å². The Morgan fingerprint density at radius 1 is 1.00 bits per heavy atom. The second-order valence-electron chi connectivity index (χ2n) is 6.64. The average molecular weight is 366 g/mol. The molecule has 6 heteroatoms. The normalized spacial score (nSPS) is 14.8. The molecule has 2 aromatic rings. The number of rotatable bonds is 4. The quantitative estimate of drug-likeness (QED) is 0.660. The van der Waals surface area contributed by atoms with Gasteiger partial charge in [-0.05, 0) is 30.5 Å². The van der Waals surface area contributed by atoms with Gasteiger partial charge in [-0.25, -0.2) is 0 Å². The minimum Gasteiger partial charge on any atom is -0.481 e. The van der Waals surface area contributed by atoms with Crippen molar-refractivity contribution in [2.45, 2.75) is 32.8 Å². The van der Waals surface area contributed by atoms with Gasteiger partial charge in [-0.1, -0.05) is 36.4 Å². The highest BCUT2D eigenvalue weighted by Gasteiger charge is 2.58. The molecule has 0 aliphatic heterocycles. The van der Waals surface area contributed by atoms with Crippen LogP contribution in [0.25, 0.3) is 0 Å². The summed E-state index contributed by atoms with van der Waals surface area (Å²) in [5.74, 6) is -3.24. The van der Waals surface area contributed by atoms with Gasteiger partial charge in [0.05, 0.1) is 6.42 Å². The highest BCUT2D eigenvalue weighted by Crippen LogP contribution is 2.43. The lowest BCUT2D eigenvalue weighted by atomic mass is 9.82. The Hall–Kier alpha value is -3.28. The van der Waals surface area contributed by atoms with E-state index in [1.165, 1.54) is 12.1 Å². The van der Waals surface area contributed by atoms with Gasteiger partial charge in [0.25, 0.3) is 5.60 Å². The molecule has 0 fully saturated rings. The van der Waals surface area contributed by atoms with Crippen molar-refractivity contribution in [3.63, 3.8) is 0 Å². The fraction of sp³-hybridized carbons (Fsp3) is 0.238. The molecular formula is C21H18O6. The smallest absolute Gasteiger partial charge is 0.307 e. The number of carbonyl (C=O) groups excluding carboxylic acids is 3. The van der Waals surface area contributed by atoms with Crippen LogP contribution in [0.2, 0.25) is 0 Å². The highest BCUT2D eigenvalue weighted by atomic mass is 16.6. The number of carboxylic acids is 1. The fourth-order valence-corrected chi connectivity index (χ4v) is 3.48. The first-order valence-electron chi connectivity index (χ1n) is 8.39. The molecule has 6 nitrogen and oxygen atoms in total. The number of hydrogen-bond acceptors (Lipinski definition) is 5. The van der Waals surface area contributed by atoms with E-state index < -0.39 is 35.5 Å². The number of fused-ring (bicyclic) bond motifs is 1. The van der Waals surface area contributed by atoms with Gasteiger partial charge in [0, 0.05) is 23.6 Å². The monoisotopic (exact) mass is 366 g/mol. The number of ketones is 2. The molecule has 0 saturated carbocycles. The van der Waals surface area contributed by atoms with Crippen LogP contribution in [0.4, 0.5) is 0 Å². The Kier molecular flexibility index (Phi) is 4.43. The number of aryl methyl sites for hydroxylation is 2. The van der Waals surface area contributed by atoms with E-state index >= 15 is 0 Å². The summed E-state index contributed by atoms with van der Waals surface area (Å²) in [6.07, 6.45) is -0.406. The minimum atomic E-state index is -2.20. The summed E-state index contributed by atoms with van der Waals surface area (Å²) < 4.78 is 5.38. The Morgan fingerprint density at radius 3 is 2.00 bits per heavy atom. The summed E-state index contributed by atoms with van der Waals surface area (Å²) in [4.78, 5) is 49.7. The first kappa shape index (κ1) is 18.5. The van der Waals surface area contributed by atoms with Crippen LogP contribution in [0, 0.1) is 13.8 Å². The first-order valence-corrected chi connectivity index (χ1v) is 8.39. The third kappa shape index (κ3) is 2.83. The SMILES string of the molecule is CC(=O)OC1(c2cc(C)c(C)cc2CC(=O)O)C(=O)c2ccccc2C1=O. The third-order valence-electron chi connectivity index (χ3n) is 4.79. The first-order chi connectivity index (χ1) is 12.7. The topological polar surface area (TPSA) is 97.7 Å². The van der Waals surface area contributed by atoms with Gasteiger partial charge >= 0.3 is 11.9 Å². The fourth-order valence-electron chi connectivity index (χ4n) is 3.48. The second kappa shape index (κ2) is 6.46. The van der Waals surface area contributed by atoms with E-state index in [1.54, 1.807) is 38.1 Å². The van der Waals surface area contributed by atoms with Gasteiger partial charge in [0.2, 0.25) is 11.6 Å². The molecule has 0 unspecified atom stereocenters. The molecule has 27 heavy (non-hydrogen) atoms. The van der Waals surface area contributed by atoms with Crippen molar-refractivity contribution in [2.24, 2.45) is 0 Å². The molecule has 3 rings (SSSR count). The second-order valence-corrected chi connectivity index (χ2v) is 6.64. The van der Waals surface area contributed by atoms with Crippen molar-refractivity contribution in [3.05, 3.63) is 69.8 Å². The maximum atomic E-state index is 13.3. The van der Waals surface area contributed by atoms with E-state index in [4.69, 9.17) is 4.74 Å². The Bertz CT molecular complexity index is 967. The maximum Gasteiger partial charge on any atom is 0.307 e. The lowest BCUT2D eigenvalue weighted by molar-refractivity contribution is -0.149. The van der Waals surface area contributed by atoms with Crippen LogP contribution in [-0.4, -0.2) is 28.6 Å². The number of carbonyl (C=O) groups is 4. The lowest BCUT2D eigenvalue weighted by Gasteiger charge is -2.28. The van der Waals surface area contributed by atoms with Crippen LogP contribution < -0.4 is 0 Å². The van der Waals surface area contributed by atoms with E-state index in [0.717, 1.165) is 18.1 Å². The number of esters is 1. The summed E-state index contributed by atoms with van der Waals surface area (Å²) >= 11 is 0. The molecule has 2 aromatic carbocycles. The molecule has 0 atom stereocenters. The van der Waals surface area contributed by atoms with Gasteiger partial charge in [-0.3, -0.25) is 19.2 Å². The zero-order chi connectivity index (χ0) is 19.9. The molecule has 0 aromatic heterocycles. The zero-order valence-electron chi connectivity index (χ0n) is 15.2. The van der Waals surface area contributed by atoms with Gasteiger partial charge in [0.1, 0.15) is 0 Å². The molecule has 0 radical (unpaired) electrons. The van der Waals surface area contributed by atoms with Crippen LogP contribution in [0.5, 0.6) is 0 Å². The molecule has 0 spiro atoms. The standard InChI is InChI=1S/C21H18O6/c1-11-8-14(10-18(23)24)17(9-12(11)2)21(27-13(3)22)19(25)15-6-4-5-7-16(15)20(21)26/h4-9H,10H2,1-3H3,(H,23,24). The molecule has 1 aliphatic carbocycles. The van der Waals surface area contributed by atoms with Crippen LogP contribution in [0.3, 0.4) is 0 Å². The summed E-state index contributed by atoms with van der Waals surface area (Å²) in [6, 6.07) is 9.42. The Morgan fingerprint density at radius 2 is 1.52 bits per heavy atom. The van der Waals surface area contributed by atoms with E-state index in [-0.39, 0.29) is 22.3 Å². The van der Waals surface area contributed by atoms with Gasteiger partial charge in [-0.2, -0.15) is 0 Å². The number of carboxylic acid groups (broad SMARTS) is 1. The van der Waals surface area contributed by atoms with Crippen LogP contribution in [0.15, 0.2) is 36.4 Å². The van der Waals surface area contributed by atoms with Gasteiger partial charge < -0.3 is 9.84 Å². The molecule has 0 saturated heterocycles. The average Bonchev–Trinajstić information content (AvgIpc) is 2.80. The summed E-state index contributed by atoms with van der Waals surface area (Å²) in [5.41, 5.74) is 0.0477. The van der Waals surface area contributed by atoms with Crippen molar-refractivity contribution in [2.75, 3.05) is 0 Å². The Balaban J connectivity index is 2.35. The van der Waals surface area contributed by atoms with Crippen LogP contribution in [-0.2, 0) is 26.3 Å². The van der Waals surface area contributed by atoms with Gasteiger partial charge in [-0.15, -0.1) is 0 Å². The molecule has 1 aliphatic rings. The molecule has 0 heterocycles. The van der Waals surface area contributed by atoms with Crippen LogP contribution >= 0.6 is 0 Å². The number of Topliss-reactive ketones (excluding diaryl/α,β-unsaturated/α-hetero) is 2. The summed E-state index contributed by atoms with van der Waals surface area (Å²) in [5, 5.41) is 9.29. The molecule has 138 valence electrons. The number of ether oxygens (including phenoxy) is 1. The predicted octanol–water partition coefficient (Wildman–Crippen LogP) is 2.77. The summed E-state index contributed by atoms with van der Waals surface area (Å²) in [6.45, 7) is 4.70. The molecular weight excluding hydrogens is 348 g/mol. The highest BCUT2D eigenvalue weighted by molar-refractivity contribution is 6.32. The number of aliphatic carboxylic acids is 1. The third-order valence-corrected chi connectivity index (χ3v) is 4.79. The van der Waals surface area contributed by atoms with E-state index in [1.807, 2.05) is 0 Å². The van der Waals surface area contributed by atoms with E-state index in [2.05, 4.69) is 0 Å². The van der Waals surface area contributed by atoms with Crippen molar-refractivity contribution in [1.82, 2.24) is 0 Å². The van der Waals surface area contributed by atoms with Crippen molar-refractivity contribution >= 4 is 23.5 Å². The molecule has 1 N–H and O–H groups in total. The number of hydrogen-bond donors (Lipinski definition) is 1. The molecule has 0 amide bonds. The van der Waals surface area contributed by atoms with E-state index in [0.29, 0.717) is 0 Å². The van der Waals surface area contributed by atoms with Crippen molar-refractivity contribution in [1.29, 1.82) is 0 Å². The minimum absolute atomic E-state index is 0.106. The molecule has 0 bridgehead atoms. The number of benzene rings is 2. The van der Waals surface area contributed by atoms with E-state index in [9.17, 15) is 24.3 Å². The largest absolute Gasteiger partial charge is 0.481 e. The zero-order valence-corrected chi connectivity index (χ0v) is 15.2. The maximum absolute atomic E-state index is 13.3. The Labute approximate surface area is 155 Å². The summed E-state index contributed by atoms with van der Waals surface area (Å²) in [7, 11) is 0. The van der Waals surface area contributed by atoms with Gasteiger partial charge in [0.15, 0.2) is 0 Å². The van der Waals surface area contributed by atoms with Crippen LogP contribution in [0.1, 0.15) is 49.9 Å². The lowest BCUT2D eigenvalue weighted by Crippen LogP contribution is -2.43. The predicted molar refractivity (Wildman–Crippen MR) is 95.8 cm³/mol.